The molecule has 0 spiro atoms. The number of H-pyrrole nitrogens is 1. The van der Waals surface area contributed by atoms with Crippen LogP contribution >= 0.6 is 0 Å². The van der Waals surface area contributed by atoms with Crippen LogP contribution in [0.2, 0.25) is 0 Å². The first kappa shape index (κ1) is 14.4. The average Bonchev–Trinajstić information content (AvgIpc) is 2.92. The summed E-state index contributed by atoms with van der Waals surface area (Å²) in [4.78, 5) is 6.62. The van der Waals surface area contributed by atoms with Gasteiger partial charge < -0.3 is 10.3 Å². The van der Waals surface area contributed by atoms with Crippen LogP contribution in [-0.4, -0.2) is 30.7 Å². The van der Waals surface area contributed by atoms with Gasteiger partial charge in [-0.15, -0.1) is 0 Å². The smallest absolute Gasteiger partial charge is 0.341 e. The van der Waals surface area contributed by atoms with Crippen LogP contribution in [0.1, 0.15) is 5.82 Å². The molecule has 0 aliphatic rings. The molecule has 0 bridgehead atoms. The van der Waals surface area contributed by atoms with E-state index in [0.717, 1.165) is 18.0 Å². The van der Waals surface area contributed by atoms with E-state index in [1.165, 1.54) is 12.1 Å². The number of aromatic amines is 1. The molecule has 0 radical (unpaired) electrons. The number of rotatable bonds is 6. The fraction of sp³-hybridized carbons (Fsp3) is 0.250. The molecule has 0 amide bonds. The Morgan fingerprint density at radius 3 is 2.50 bits per heavy atom. The fourth-order valence-electron chi connectivity index (χ4n) is 1.63. The van der Waals surface area contributed by atoms with Crippen molar-refractivity contribution < 1.29 is 17.2 Å². The van der Waals surface area contributed by atoms with Gasteiger partial charge in [-0.3, -0.25) is 0 Å². The quantitative estimate of drug-likeness (QED) is 0.856. The first-order chi connectivity index (χ1) is 9.50. The van der Waals surface area contributed by atoms with Crippen molar-refractivity contribution in [3.05, 3.63) is 42.5 Å². The Bertz CT molecular complexity index is 640. The lowest BCUT2D eigenvalue weighted by atomic mass is 10.3. The zero-order chi connectivity index (χ0) is 14.6. The Kier molecular flexibility index (Phi) is 4.33. The van der Waals surface area contributed by atoms with E-state index >= 15 is 0 Å². The van der Waals surface area contributed by atoms with Crippen LogP contribution in [0.25, 0.3) is 0 Å². The van der Waals surface area contributed by atoms with Gasteiger partial charge in [0.2, 0.25) is 9.84 Å². The molecule has 1 aromatic heterocycles. The molecule has 0 aliphatic carbocycles. The molecule has 2 aromatic rings. The molecule has 0 atom stereocenters. The summed E-state index contributed by atoms with van der Waals surface area (Å²) >= 11 is 0. The van der Waals surface area contributed by atoms with Gasteiger partial charge in [-0.05, 0) is 24.3 Å². The van der Waals surface area contributed by atoms with Crippen molar-refractivity contribution in [1.82, 2.24) is 9.97 Å². The molecule has 0 aliphatic heterocycles. The number of nitrogens with one attached hydrogen (secondary N) is 2. The van der Waals surface area contributed by atoms with Crippen molar-refractivity contribution in [1.29, 1.82) is 0 Å². The van der Waals surface area contributed by atoms with Crippen LogP contribution in [-0.2, 0) is 16.3 Å². The van der Waals surface area contributed by atoms with E-state index in [1.807, 2.05) is 0 Å². The fourth-order valence-corrected chi connectivity index (χ4v) is 2.35. The molecule has 0 fully saturated rings. The lowest BCUT2D eigenvalue weighted by molar-refractivity contribution is 0.234. The molecule has 2 rings (SSSR count). The SMILES string of the molecule is O=S(=O)(c1ccc(NCCc2ncc[nH]2)cc1)C(F)F. The summed E-state index contributed by atoms with van der Waals surface area (Å²) in [6, 6.07) is 5.24. The van der Waals surface area contributed by atoms with Crippen molar-refractivity contribution >= 4 is 15.5 Å². The molecule has 8 heteroatoms. The molecule has 2 N–H and O–H groups in total. The number of aromatic nitrogens is 2. The number of imidazole rings is 1. The number of benzene rings is 1. The lowest BCUT2D eigenvalue weighted by Gasteiger charge is -2.07. The van der Waals surface area contributed by atoms with Gasteiger partial charge in [0, 0.05) is 31.0 Å². The normalized spacial score (nSPS) is 11.8. The summed E-state index contributed by atoms with van der Waals surface area (Å²) < 4.78 is 47.1. The van der Waals surface area contributed by atoms with Crippen LogP contribution in [0.3, 0.4) is 0 Å². The van der Waals surface area contributed by atoms with Crippen molar-refractivity contribution in [3.8, 4) is 0 Å². The maximum absolute atomic E-state index is 12.3. The zero-order valence-corrected chi connectivity index (χ0v) is 11.2. The average molecular weight is 301 g/mol. The molecule has 0 saturated heterocycles. The standard InChI is InChI=1S/C12H13F2N3O2S/c13-12(14)20(18,19)10-3-1-9(2-4-10)15-6-5-11-16-7-8-17-11/h1-4,7-8,12,15H,5-6H2,(H,16,17). The Balaban J connectivity index is 1.95. The minimum absolute atomic E-state index is 0.385. The predicted molar refractivity (Wildman–Crippen MR) is 70.4 cm³/mol. The van der Waals surface area contributed by atoms with E-state index in [2.05, 4.69) is 15.3 Å². The van der Waals surface area contributed by atoms with Crippen LogP contribution in [0.5, 0.6) is 0 Å². The number of hydrogen-bond donors (Lipinski definition) is 2. The van der Waals surface area contributed by atoms with E-state index in [9.17, 15) is 17.2 Å². The Morgan fingerprint density at radius 2 is 1.95 bits per heavy atom. The van der Waals surface area contributed by atoms with Gasteiger partial charge in [0.15, 0.2) is 0 Å². The number of sulfone groups is 1. The lowest BCUT2D eigenvalue weighted by Crippen LogP contribution is -2.11. The summed E-state index contributed by atoms with van der Waals surface area (Å²) in [5.74, 6) is -2.57. The molecule has 0 unspecified atom stereocenters. The maximum Gasteiger partial charge on any atom is 0.341 e. The molecular formula is C12H13F2N3O2S. The second-order valence-electron chi connectivity index (χ2n) is 4.04. The van der Waals surface area contributed by atoms with Crippen LogP contribution in [0.15, 0.2) is 41.6 Å². The van der Waals surface area contributed by atoms with Gasteiger partial charge in [-0.25, -0.2) is 13.4 Å². The molecule has 20 heavy (non-hydrogen) atoms. The van der Waals surface area contributed by atoms with Crippen LogP contribution in [0, 0.1) is 0 Å². The van der Waals surface area contributed by atoms with Gasteiger partial charge in [-0.1, -0.05) is 0 Å². The third kappa shape index (κ3) is 3.32. The maximum atomic E-state index is 12.3. The number of anilines is 1. The van der Waals surface area contributed by atoms with Crippen molar-refractivity contribution in [2.75, 3.05) is 11.9 Å². The molecule has 5 nitrogen and oxygen atoms in total. The topological polar surface area (TPSA) is 74.8 Å². The van der Waals surface area contributed by atoms with E-state index in [1.54, 1.807) is 12.4 Å². The van der Waals surface area contributed by atoms with E-state index in [4.69, 9.17) is 0 Å². The highest BCUT2D eigenvalue weighted by Gasteiger charge is 2.26. The summed E-state index contributed by atoms with van der Waals surface area (Å²) in [7, 11) is -4.53. The van der Waals surface area contributed by atoms with Gasteiger partial charge >= 0.3 is 5.76 Å². The summed E-state index contributed by atoms with van der Waals surface area (Å²) in [5, 5.41) is 3.05. The number of halogens is 2. The highest BCUT2D eigenvalue weighted by atomic mass is 32.2. The minimum Gasteiger partial charge on any atom is -0.385 e. The Labute approximate surface area is 115 Å². The van der Waals surface area contributed by atoms with Crippen molar-refractivity contribution in [3.63, 3.8) is 0 Å². The largest absolute Gasteiger partial charge is 0.385 e. The second-order valence-corrected chi connectivity index (χ2v) is 5.96. The van der Waals surface area contributed by atoms with Gasteiger partial charge in [0.05, 0.1) is 4.90 Å². The van der Waals surface area contributed by atoms with Crippen molar-refractivity contribution in [2.45, 2.75) is 17.1 Å². The molecule has 1 aromatic carbocycles. The highest BCUT2D eigenvalue weighted by Crippen LogP contribution is 2.20. The predicted octanol–water partition coefficient (Wildman–Crippen LogP) is 2.06. The molecular weight excluding hydrogens is 288 g/mol. The third-order valence-corrected chi connectivity index (χ3v) is 4.06. The number of nitrogens with zero attached hydrogens (tertiary/aromatic N) is 1. The second kappa shape index (κ2) is 6.00. The number of alkyl halides is 2. The monoisotopic (exact) mass is 301 g/mol. The number of hydrogen-bond acceptors (Lipinski definition) is 4. The highest BCUT2D eigenvalue weighted by molar-refractivity contribution is 7.91. The van der Waals surface area contributed by atoms with E-state index in [0.29, 0.717) is 18.7 Å². The molecule has 1 heterocycles. The van der Waals surface area contributed by atoms with E-state index < -0.39 is 15.6 Å². The van der Waals surface area contributed by atoms with Gasteiger partial charge in [0.25, 0.3) is 0 Å². The first-order valence-corrected chi connectivity index (χ1v) is 7.39. The Hall–Kier alpha value is -1.96. The molecule has 108 valence electrons. The van der Waals surface area contributed by atoms with Gasteiger partial charge in [-0.2, -0.15) is 8.78 Å². The third-order valence-electron chi connectivity index (χ3n) is 2.66. The Morgan fingerprint density at radius 1 is 1.25 bits per heavy atom. The van der Waals surface area contributed by atoms with Crippen molar-refractivity contribution in [2.24, 2.45) is 0 Å². The molecule has 0 saturated carbocycles. The summed E-state index contributed by atoms with van der Waals surface area (Å²) in [6.07, 6.45) is 4.04. The zero-order valence-electron chi connectivity index (χ0n) is 10.4. The van der Waals surface area contributed by atoms with Gasteiger partial charge in [0.1, 0.15) is 5.82 Å². The van der Waals surface area contributed by atoms with E-state index in [-0.39, 0.29) is 4.90 Å². The van der Waals surface area contributed by atoms with Crippen LogP contribution < -0.4 is 5.32 Å². The minimum atomic E-state index is -4.53. The summed E-state index contributed by atoms with van der Waals surface area (Å²) in [5.41, 5.74) is 0.657. The summed E-state index contributed by atoms with van der Waals surface area (Å²) in [6.45, 7) is 0.592. The van der Waals surface area contributed by atoms with Crippen LogP contribution in [0.4, 0.5) is 14.5 Å². The first-order valence-electron chi connectivity index (χ1n) is 5.84.